The van der Waals surface area contributed by atoms with E-state index in [0.717, 1.165) is 11.5 Å². The van der Waals surface area contributed by atoms with Gasteiger partial charge < -0.3 is 10.4 Å². The molecule has 1 rings (SSSR count). The minimum absolute atomic E-state index is 0.0283. The number of benzene rings is 1. The normalized spacial score (nSPS) is 9.94. The van der Waals surface area contributed by atoms with E-state index in [1.54, 1.807) is 11.8 Å². The minimum Gasteiger partial charge on any atom is -0.508 e. The van der Waals surface area contributed by atoms with Crippen molar-refractivity contribution in [2.24, 2.45) is 0 Å². The average Bonchev–Trinajstić information content (AvgIpc) is 2.32. The zero-order chi connectivity index (χ0) is 12.7. The number of aromatic hydroxyl groups is 1. The summed E-state index contributed by atoms with van der Waals surface area (Å²) in [6, 6.07) is 4.30. The van der Waals surface area contributed by atoms with Crippen molar-refractivity contribution in [2.45, 2.75) is 0 Å². The zero-order valence-corrected chi connectivity index (χ0v) is 10.9. The second-order valence-corrected chi connectivity index (χ2v) is 4.84. The molecule has 0 unspecified atom stereocenters. The van der Waals surface area contributed by atoms with Crippen molar-refractivity contribution in [3.8, 4) is 5.75 Å². The molecule has 0 saturated heterocycles. The SMILES string of the molecule is C=CCSCCNC(=O)c1cc(O)ccc1Cl. The highest BCUT2D eigenvalue weighted by Crippen LogP contribution is 2.20. The van der Waals surface area contributed by atoms with Gasteiger partial charge in [0, 0.05) is 18.1 Å². The van der Waals surface area contributed by atoms with Crippen LogP contribution in [0.1, 0.15) is 10.4 Å². The first-order chi connectivity index (χ1) is 8.15. The van der Waals surface area contributed by atoms with E-state index in [9.17, 15) is 9.90 Å². The lowest BCUT2D eigenvalue weighted by Gasteiger charge is -2.06. The standard InChI is InChI=1S/C12H14ClNO2S/c1-2-6-17-7-5-14-12(16)10-8-9(15)3-4-11(10)13/h2-4,8,15H,1,5-7H2,(H,14,16). The molecule has 0 spiro atoms. The van der Waals surface area contributed by atoms with Gasteiger partial charge in [0.05, 0.1) is 10.6 Å². The van der Waals surface area contributed by atoms with E-state index in [2.05, 4.69) is 11.9 Å². The van der Waals surface area contributed by atoms with Gasteiger partial charge in [0.1, 0.15) is 5.75 Å². The molecule has 0 heterocycles. The van der Waals surface area contributed by atoms with Crippen LogP contribution < -0.4 is 5.32 Å². The Morgan fingerprint density at radius 1 is 1.59 bits per heavy atom. The van der Waals surface area contributed by atoms with Gasteiger partial charge in [-0.3, -0.25) is 4.79 Å². The minimum atomic E-state index is -0.273. The van der Waals surface area contributed by atoms with E-state index in [4.69, 9.17) is 11.6 Å². The summed E-state index contributed by atoms with van der Waals surface area (Å²) >= 11 is 7.55. The van der Waals surface area contributed by atoms with E-state index in [1.165, 1.54) is 18.2 Å². The summed E-state index contributed by atoms with van der Waals surface area (Å²) in [5, 5.41) is 12.3. The maximum absolute atomic E-state index is 11.7. The van der Waals surface area contributed by atoms with Crippen LogP contribution in [0.5, 0.6) is 5.75 Å². The molecule has 1 amide bonds. The van der Waals surface area contributed by atoms with Crippen LogP contribution >= 0.6 is 23.4 Å². The van der Waals surface area contributed by atoms with Crippen LogP contribution in [0.3, 0.4) is 0 Å². The lowest BCUT2D eigenvalue weighted by molar-refractivity contribution is 0.0956. The van der Waals surface area contributed by atoms with Gasteiger partial charge in [-0.1, -0.05) is 17.7 Å². The Labute approximate surface area is 110 Å². The van der Waals surface area contributed by atoms with E-state index >= 15 is 0 Å². The highest BCUT2D eigenvalue weighted by Gasteiger charge is 2.10. The molecular weight excluding hydrogens is 258 g/mol. The molecule has 0 atom stereocenters. The van der Waals surface area contributed by atoms with Crippen LogP contribution in [0.2, 0.25) is 5.02 Å². The average molecular weight is 272 g/mol. The van der Waals surface area contributed by atoms with Crippen LogP contribution in [0.25, 0.3) is 0 Å². The Morgan fingerprint density at radius 2 is 2.35 bits per heavy atom. The Kier molecular flexibility index (Phi) is 5.94. The Hall–Kier alpha value is -1.13. The first-order valence-corrected chi connectivity index (χ1v) is 6.63. The van der Waals surface area contributed by atoms with Crippen LogP contribution in [0.15, 0.2) is 30.9 Å². The predicted octanol–water partition coefficient (Wildman–Crippen LogP) is 2.69. The Bertz CT molecular complexity index is 409. The van der Waals surface area contributed by atoms with Crippen LogP contribution in [0, 0.1) is 0 Å². The number of carbonyl (C=O) groups is 1. The van der Waals surface area contributed by atoms with Gasteiger partial charge in [-0.05, 0) is 18.2 Å². The number of carbonyl (C=O) groups excluding carboxylic acids is 1. The summed E-state index contributed by atoms with van der Waals surface area (Å²) in [5.74, 6) is 1.43. The highest BCUT2D eigenvalue weighted by molar-refractivity contribution is 7.99. The van der Waals surface area contributed by atoms with Crippen molar-refractivity contribution in [1.29, 1.82) is 0 Å². The van der Waals surface area contributed by atoms with Crippen LogP contribution in [-0.4, -0.2) is 29.1 Å². The summed E-state index contributed by atoms with van der Waals surface area (Å²) < 4.78 is 0. The fourth-order valence-corrected chi connectivity index (χ4v) is 1.97. The number of thioether (sulfide) groups is 1. The van der Waals surface area contributed by atoms with E-state index in [-0.39, 0.29) is 11.7 Å². The third kappa shape index (κ3) is 4.71. The maximum Gasteiger partial charge on any atom is 0.252 e. The molecule has 0 aliphatic heterocycles. The molecular formula is C12H14ClNO2S. The number of nitrogens with one attached hydrogen (secondary N) is 1. The molecule has 0 aliphatic rings. The van der Waals surface area contributed by atoms with E-state index in [1.807, 2.05) is 6.08 Å². The topological polar surface area (TPSA) is 49.3 Å². The molecule has 0 aliphatic carbocycles. The number of halogens is 1. The van der Waals surface area contributed by atoms with Gasteiger partial charge >= 0.3 is 0 Å². The van der Waals surface area contributed by atoms with Crippen molar-refractivity contribution >= 4 is 29.3 Å². The number of rotatable bonds is 6. The number of phenols is 1. The zero-order valence-electron chi connectivity index (χ0n) is 9.28. The smallest absolute Gasteiger partial charge is 0.252 e. The van der Waals surface area contributed by atoms with E-state index < -0.39 is 0 Å². The third-order valence-corrected chi connectivity index (χ3v) is 3.26. The first-order valence-electron chi connectivity index (χ1n) is 5.10. The molecule has 0 bridgehead atoms. The summed E-state index contributed by atoms with van der Waals surface area (Å²) in [6.45, 7) is 4.17. The van der Waals surface area contributed by atoms with Crippen molar-refractivity contribution in [2.75, 3.05) is 18.1 Å². The number of hydrogen-bond acceptors (Lipinski definition) is 3. The quantitative estimate of drug-likeness (QED) is 0.618. The number of amides is 1. The van der Waals surface area contributed by atoms with Gasteiger partial charge in [0.25, 0.3) is 5.91 Å². The lowest BCUT2D eigenvalue weighted by atomic mass is 10.2. The largest absolute Gasteiger partial charge is 0.508 e. The summed E-state index contributed by atoms with van der Waals surface area (Å²) in [7, 11) is 0. The van der Waals surface area contributed by atoms with Crippen LogP contribution in [-0.2, 0) is 0 Å². The van der Waals surface area contributed by atoms with Gasteiger partial charge in [-0.15, -0.1) is 6.58 Å². The summed E-state index contributed by atoms with van der Waals surface area (Å²) in [5.41, 5.74) is 0.292. The molecule has 1 aromatic carbocycles. The second-order valence-electron chi connectivity index (χ2n) is 3.28. The molecule has 5 heteroatoms. The van der Waals surface area contributed by atoms with Crippen molar-refractivity contribution in [3.05, 3.63) is 41.4 Å². The fourth-order valence-electron chi connectivity index (χ4n) is 1.19. The molecule has 92 valence electrons. The lowest BCUT2D eigenvalue weighted by Crippen LogP contribution is -2.26. The molecule has 0 saturated carbocycles. The van der Waals surface area contributed by atoms with Crippen molar-refractivity contribution in [1.82, 2.24) is 5.32 Å². The fraction of sp³-hybridized carbons (Fsp3) is 0.250. The van der Waals surface area contributed by atoms with Gasteiger partial charge in [-0.25, -0.2) is 0 Å². The Morgan fingerprint density at radius 3 is 3.06 bits per heavy atom. The van der Waals surface area contributed by atoms with Gasteiger partial charge in [0.2, 0.25) is 0 Å². The summed E-state index contributed by atoms with van der Waals surface area (Å²) in [6.07, 6.45) is 1.82. The molecule has 2 N–H and O–H groups in total. The van der Waals surface area contributed by atoms with Crippen LogP contribution in [0.4, 0.5) is 0 Å². The first kappa shape index (κ1) is 13.9. The molecule has 1 aromatic rings. The van der Waals surface area contributed by atoms with Gasteiger partial charge in [0.15, 0.2) is 0 Å². The molecule has 0 radical (unpaired) electrons. The predicted molar refractivity (Wildman–Crippen MR) is 73.0 cm³/mol. The third-order valence-electron chi connectivity index (χ3n) is 1.96. The van der Waals surface area contributed by atoms with Crippen molar-refractivity contribution in [3.63, 3.8) is 0 Å². The second kappa shape index (κ2) is 7.25. The van der Waals surface area contributed by atoms with Crippen molar-refractivity contribution < 1.29 is 9.90 Å². The number of hydrogen-bond donors (Lipinski definition) is 2. The van der Waals surface area contributed by atoms with Gasteiger partial charge in [-0.2, -0.15) is 11.8 Å². The number of phenolic OH excluding ortho intramolecular Hbond substituents is 1. The Balaban J connectivity index is 2.46. The monoisotopic (exact) mass is 271 g/mol. The van der Waals surface area contributed by atoms with E-state index in [0.29, 0.717) is 17.1 Å². The molecule has 3 nitrogen and oxygen atoms in total. The molecule has 0 aromatic heterocycles. The molecule has 17 heavy (non-hydrogen) atoms. The summed E-state index contributed by atoms with van der Waals surface area (Å²) in [4.78, 5) is 11.7. The highest BCUT2D eigenvalue weighted by atomic mass is 35.5. The molecule has 0 fully saturated rings. The maximum atomic E-state index is 11.7.